The van der Waals surface area contributed by atoms with E-state index >= 15 is 0 Å². The number of hydrogen-bond acceptors (Lipinski definition) is 6. The largest absolute Gasteiger partial charge is 0.496 e. The topological polar surface area (TPSA) is 102 Å². The number of anilines is 1. The predicted molar refractivity (Wildman–Crippen MR) is 101 cm³/mol. The first-order chi connectivity index (χ1) is 11.3. The molecule has 9 heteroatoms. The number of carbonyl (C=O) groups excluding carboxylic acids is 1. The van der Waals surface area contributed by atoms with Gasteiger partial charge in [-0.15, -0.1) is 12.4 Å². The van der Waals surface area contributed by atoms with Crippen LogP contribution in [0, 0.1) is 10.1 Å². The summed E-state index contributed by atoms with van der Waals surface area (Å²) in [6.07, 6.45) is 0.514. The van der Waals surface area contributed by atoms with Crippen LogP contribution in [0.25, 0.3) is 0 Å². The second kappa shape index (κ2) is 10.0. The maximum Gasteiger partial charge on any atom is 0.293 e. The van der Waals surface area contributed by atoms with Crippen molar-refractivity contribution in [3.05, 3.63) is 27.3 Å². The summed E-state index contributed by atoms with van der Waals surface area (Å²) in [5, 5.41) is 11.5. The molecule has 142 valence electrons. The summed E-state index contributed by atoms with van der Waals surface area (Å²) in [5.74, 6) is -0.437. The Morgan fingerprint density at radius 1 is 1.32 bits per heavy atom. The van der Waals surface area contributed by atoms with Crippen molar-refractivity contribution in [2.45, 2.75) is 20.3 Å². The maximum atomic E-state index is 11.7. The highest BCUT2D eigenvalue weighted by Gasteiger charge is 2.28. The van der Waals surface area contributed by atoms with Gasteiger partial charge in [0.2, 0.25) is 0 Å². The van der Waals surface area contributed by atoms with Gasteiger partial charge in [-0.25, -0.2) is 0 Å². The van der Waals surface area contributed by atoms with Gasteiger partial charge in [0, 0.05) is 32.3 Å². The summed E-state index contributed by atoms with van der Waals surface area (Å²) in [4.78, 5) is 26.6. The molecule has 0 bridgehead atoms. The van der Waals surface area contributed by atoms with Crippen LogP contribution in [0.5, 0.6) is 5.75 Å². The van der Waals surface area contributed by atoms with Crippen molar-refractivity contribution in [2.75, 3.05) is 45.7 Å². The summed E-state index contributed by atoms with van der Waals surface area (Å²) in [6, 6.07) is 1.19. The van der Waals surface area contributed by atoms with Crippen LogP contribution in [0.15, 0.2) is 6.07 Å². The average Bonchev–Trinajstić information content (AvgIpc) is 2.53. The van der Waals surface area contributed by atoms with E-state index in [-0.39, 0.29) is 23.7 Å². The number of nitrogens with two attached hydrogens (primary N) is 1. The van der Waals surface area contributed by atoms with Crippen LogP contribution in [-0.2, 0) is 6.42 Å². The summed E-state index contributed by atoms with van der Waals surface area (Å²) in [7, 11) is 4.90. The summed E-state index contributed by atoms with van der Waals surface area (Å²) >= 11 is 0. The number of nitrogens with zero attached hydrogens (tertiary/aromatic N) is 3. The smallest absolute Gasteiger partial charge is 0.293 e. The highest BCUT2D eigenvalue weighted by molar-refractivity contribution is 5.98. The number of ether oxygens (including phenoxy) is 1. The molecule has 25 heavy (non-hydrogen) atoms. The monoisotopic (exact) mass is 374 g/mol. The molecule has 0 radical (unpaired) electrons. The average molecular weight is 375 g/mol. The van der Waals surface area contributed by atoms with Gasteiger partial charge in [-0.3, -0.25) is 14.9 Å². The minimum atomic E-state index is -0.746. The summed E-state index contributed by atoms with van der Waals surface area (Å²) < 4.78 is 5.39. The van der Waals surface area contributed by atoms with E-state index in [1.165, 1.54) is 13.2 Å². The molecule has 0 spiro atoms. The van der Waals surface area contributed by atoms with Gasteiger partial charge < -0.3 is 20.3 Å². The van der Waals surface area contributed by atoms with Gasteiger partial charge in [-0.05, 0) is 19.5 Å². The molecule has 1 rings (SSSR count). The number of methoxy groups -OCH3 is 1. The van der Waals surface area contributed by atoms with Crippen molar-refractivity contribution in [1.82, 2.24) is 4.90 Å². The Bertz CT molecular complexity index is 619. The lowest BCUT2D eigenvalue weighted by Gasteiger charge is -2.24. The quantitative estimate of drug-likeness (QED) is 0.524. The van der Waals surface area contributed by atoms with E-state index in [0.29, 0.717) is 30.0 Å². The fourth-order valence-electron chi connectivity index (χ4n) is 2.79. The van der Waals surface area contributed by atoms with Crippen molar-refractivity contribution in [3.63, 3.8) is 0 Å². The molecule has 1 aromatic carbocycles. The number of likely N-dealkylation sites (N-methyl/N-ethyl adjacent to an activating group) is 1. The third kappa shape index (κ3) is 5.20. The number of rotatable bonds is 9. The minimum Gasteiger partial charge on any atom is -0.496 e. The second-order valence-corrected chi connectivity index (χ2v) is 5.60. The van der Waals surface area contributed by atoms with Crippen LogP contribution < -0.4 is 15.4 Å². The van der Waals surface area contributed by atoms with E-state index in [2.05, 4.69) is 18.7 Å². The number of carbonyl (C=O) groups is 1. The molecule has 0 fully saturated rings. The Morgan fingerprint density at radius 2 is 1.88 bits per heavy atom. The Hall–Kier alpha value is -2.06. The van der Waals surface area contributed by atoms with Crippen LogP contribution >= 0.6 is 12.4 Å². The van der Waals surface area contributed by atoms with Gasteiger partial charge in [0.15, 0.2) is 0 Å². The number of nitro groups is 1. The number of amides is 1. The van der Waals surface area contributed by atoms with Crippen LogP contribution in [0.1, 0.15) is 29.8 Å². The standard InChI is InChI=1S/C16H26N4O4.ClH/c1-6-19(7-2)9-8-11-14(18(3)4)13(20(22)23)10-12(16(17)21)15(11)24-5;/h10H,6-9H2,1-5H3,(H2,17,21);1H. The lowest BCUT2D eigenvalue weighted by molar-refractivity contribution is -0.384. The van der Waals surface area contributed by atoms with Gasteiger partial charge in [0.1, 0.15) is 11.4 Å². The predicted octanol–water partition coefficient (Wildman–Crippen LogP) is 2.07. The highest BCUT2D eigenvalue weighted by atomic mass is 35.5. The van der Waals surface area contributed by atoms with Crippen LogP contribution in [0.4, 0.5) is 11.4 Å². The third-order valence-electron chi connectivity index (χ3n) is 4.01. The Labute approximate surface area is 154 Å². The SMILES string of the molecule is CCN(CC)CCc1c(OC)c(C(N)=O)cc([N+](=O)[O-])c1N(C)C.Cl. The number of nitro benzene ring substituents is 1. The van der Waals surface area contributed by atoms with Crippen molar-refractivity contribution in [3.8, 4) is 5.75 Å². The second-order valence-electron chi connectivity index (χ2n) is 5.60. The maximum absolute atomic E-state index is 11.7. The first-order valence-corrected chi connectivity index (χ1v) is 7.86. The Balaban J connectivity index is 0.00000576. The van der Waals surface area contributed by atoms with Crippen LogP contribution in [0.3, 0.4) is 0 Å². The number of hydrogen-bond donors (Lipinski definition) is 1. The molecule has 1 amide bonds. The van der Waals surface area contributed by atoms with Crippen molar-refractivity contribution in [1.29, 1.82) is 0 Å². The zero-order valence-electron chi connectivity index (χ0n) is 15.4. The van der Waals surface area contributed by atoms with Crippen molar-refractivity contribution >= 4 is 29.7 Å². The van der Waals surface area contributed by atoms with Gasteiger partial charge in [0.25, 0.3) is 11.6 Å². The number of benzene rings is 1. The Kier molecular flexibility index (Phi) is 9.22. The van der Waals surface area contributed by atoms with E-state index in [4.69, 9.17) is 10.5 Å². The summed E-state index contributed by atoms with van der Waals surface area (Å²) in [5.41, 5.74) is 6.34. The summed E-state index contributed by atoms with van der Waals surface area (Å²) in [6.45, 7) is 6.54. The molecule has 0 unspecified atom stereocenters. The molecule has 1 aromatic rings. The molecule has 8 nitrogen and oxygen atoms in total. The number of primary amides is 1. The molecule has 0 aliphatic carbocycles. The number of halogens is 1. The first kappa shape index (κ1) is 22.9. The van der Waals surface area contributed by atoms with Crippen LogP contribution in [-0.4, -0.2) is 56.6 Å². The van der Waals surface area contributed by atoms with E-state index in [9.17, 15) is 14.9 Å². The molecule has 0 aliphatic rings. The van der Waals surface area contributed by atoms with Gasteiger partial charge in [0.05, 0.1) is 17.6 Å². The molecule has 0 atom stereocenters. The van der Waals surface area contributed by atoms with Gasteiger partial charge in [-0.2, -0.15) is 0 Å². The highest BCUT2D eigenvalue weighted by Crippen LogP contribution is 2.40. The fourth-order valence-corrected chi connectivity index (χ4v) is 2.79. The molecule has 0 saturated carbocycles. The molecule has 0 heterocycles. The van der Waals surface area contributed by atoms with E-state index < -0.39 is 10.8 Å². The van der Waals surface area contributed by atoms with Crippen molar-refractivity contribution < 1.29 is 14.5 Å². The molecule has 0 aliphatic heterocycles. The lowest BCUT2D eigenvalue weighted by Crippen LogP contribution is -2.27. The minimum absolute atomic E-state index is 0. The van der Waals surface area contributed by atoms with E-state index in [0.717, 1.165) is 13.1 Å². The van der Waals surface area contributed by atoms with Gasteiger partial charge >= 0.3 is 0 Å². The molecule has 2 N–H and O–H groups in total. The van der Waals surface area contributed by atoms with Crippen LogP contribution in [0.2, 0.25) is 0 Å². The molecular formula is C16H27ClN4O4. The lowest BCUT2D eigenvalue weighted by atomic mass is 10.00. The Morgan fingerprint density at radius 3 is 2.24 bits per heavy atom. The van der Waals surface area contributed by atoms with E-state index in [1.807, 2.05) is 0 Å². The molecule has 0 saturated heterocycles. The zero-order chi connectivity index (χ0) is 18.4. The normalized spacial score (nSPS) is 10.3. The molecular weight excluding hydrogens is 348 g/mol. The van der Waals surface area contributed by atoms with Crippen molar-refractivity contribution in [2.24, 2.45) is 5.73 Å². The first-order valence-electron chi connectivity index (χ1n) is 7.86. The van der Waals surface area contributed by atoms with E-state index in [1.54, 1.807) is 19.0 Å². The third-order valence-corrected chi connectivity index (χ3v) is 4.01. The van der Waals surface area contributed by atoms with Gasteiger partial charge in [-0.1, -0.05) is 13.8 Å². The zero-order valence-corrected chi connectivity index (χ0v) is 16.2. The fraction of sp³-hybridized carbons (Fsp3) is 0.562. The molecule has 0 aromatic heterocycles.